The first-order valence-corrected chi connectivity index (χ1v) is 3.89. The molecule has 0 saturated heterocycles. The third kappa shape index (κ3) is 6.08. The smallest absolute Gasteiger partial charge is 0.0662 e. The first kappa shape index (κ1) is 9.95. The molecule has 3 heteroatoms. The fourth-order valence-electron chi connectivity index (χ4n) is 0.522. The molecule has 1 unspecified atom stereocenters. The zero-order chi connectivity index (χ0) is 7.82. The van der Waals surface area contributed by atoms with Crippen LogP contribution in [0.4, 0.5) is 0 Å². The highest BCUT2D eigenvalue weighted by atomic mass is 35.5. The Morgan fingerprint density at radius 3 is 2.90 bits per heavy atom. The van der Waals surface area contributed by atoms with Crippen LogP contribution >= 0.6 is 11.6 Å². The number of aliphatic hydroxyl groups is 1. The second kappa shape index (κ2) is 7.06. The average Bonchev–Trinajstić information content (AvgIpc) is 1.98. The van der Waals surface area contributed by atoms with Crippen LogP contribution in [-0.2, 0) is 0 Å². The molecule has 1 atom stereocenters. The van der Waals surface area contributed by atoms with Gasteiger partial charge in [-0.1, -0.05) is 24.6 Å². The Hall–Kier alpha value is -0.0500. The Balaban J connectivity index is 3.03. The van der Waals surface area contributed by atoms with Crippen molar-refractivity contribution >= 4 is 11.6 Å². The molecule has 0 rings (SSSR count). The number of nitrogens with one attached hydrogen (secondary N) is 1. The molecule has 0 aromatic carbocycles. The molecule has 0 heterocycles. The van der Waals surface area contributed by atoms with E-state index in [2.05, 4.69) is 5.32 Å². The monoisotopic (exact) mass is 163 g/mol. The topological polar surface area (TPSA) is 32.3 Å². The van der Waals surface area contributed by atoms with Crippen molar-refractivity contribution in [1.82, 2.24) is 5.32 Å². The van der Waals surface area contributed by atoms with Crippen molar-refractivity contribution in [3.8, 4) is 0 Å². The maximum Gasteiger partial charge on any atom is 0.0662 e. The fourth-order valence-corrected chi connectivity index (χ4v) is 0.611. The second-order valence-electron chi connectivity index (χ2n) is 2.08. The molecular formula is C7H14ClNO. The van der Waals surface area contributed by atoms with E-state index < -0.39 is 0 Å². The second-order valence-corrected chi connectivity index (χ2v) is 2.33. The van der Waals surface area contributed by atoms with Crippen molar-refractivity contribution in [2.75, 3.05) is 13.1 Å². The molecular weight excluding hydrogens is 150 g/mol. The van der Waals surface area contributed by atoms with E-state index in [-0.39, 0.29) is 6.10 Å². The molecule has 10 heavy (non-hydrogen) atoms. The van der Waals surface area contributed by atoms with Gasteiger partial charge in [-0.25, -0.2) is 0 Å². The minimum atomic E-state index is -0.233. The van der Waals surface area contributed by atoms with Crippen molar-refractivity contribution < 1.29 is 5.11 Å². The van der Waals surface area contributed by atoms with Crippen LogP contribution in [-0.4, -0.2) is 24.3 Å². The molecule has 0 saturated carbocycles. The summed E-state index contributed by atoms with van der Waals surface area (Å²) in [6, 6.07) is 0. The van der Waals surface area contributed by atoms with Crippen molar-refractivity contribution in [2.24, 2.45) is 0 Å². The molecule has 0 spiro atoms. The van der Waals surface area contributed by atoms with Gasteiger partial charge in [0.25, 0.3) is 0 Å². The van der Waals surface area contributed by atoms with Gasteiger partial charge in [0.05, 0.1) is 6.10 Å². The zero-order valence-electron chi connectivity index (χ0n) is 6.18. The van der Waals surface area contributed by atoms with Crippen LogP contribution in [0, 0.1) is 0 Å². The number of hydrogen-bond acceptors (Lipinski definition) is 2. The Bertz CT molecular complexity index is 95.6. The summed E-state index contributed by atoms with van der Waals surface area (Å²) in [5.74, 6) is 0. The highest BCUT2D eigenvalue weighted by Gasteiger charge is 1.96. The molecule has 0 fully saturated rings. The lowest BCUT2D eigenvalue weighted by Gasteiger charge is -2.06. The van der Waals surface area contributed by atoms with Gasteiger partial charge in [-0.3, -0.25) is 0 Å². The Morgan fingerprint density at radius 2 is 2.40 bits per heavy atom. The maximum absolute atomic E-state index is 9.04. The number of rotatable bonds is 5. The molecule has 0 amide bonds. The SMILES string of the molecule is CCC(O)CNC/C=C/Cl. The lowest BCUT2D eigenvalue weighted by atomic mass is 10.3. The van der Waals surface area contributed by atoms with Crippen LogP contribution in [0.25, 0.3) is 0 Å². The summed E-state index contributed by atoms with van der Waals surface area (Å²) >= 11 is 5.27. The molecule has 2 N–H and O–H groups in total. The van der Waals surface area contributed by atoms with Gasteiger partial charge in [0, 0.05) is 18.6 Å². The van der Waals surface area contributed by atoms with Gasteiger partial charge in [0.1, 0.15) is 0 Å². The van der Waals surface area contributed by atoms with Crippen LogP contribution < -0.4 is 5.32 Å². The lowest BCUT2D eigenvalue weighted by Crippen LogP contribution is -2.26. The van der Waals surface area contributed by atoms with Crippen LogP contribution in [0.2, 0.25) is 0 Å². The Morgan fingerprint density at radius 1 is 1.70 bits per heavy atom. The summed E-state index contributed by atoms with van der Waals surface area (Å²) in [5, 5.41) is 12.1. The van der Waals surface area contributed by atoms with Gasteiger partial charge in [0.15, 0.2) is 0 Å². The first-order valence-electron chi connectivity index (χ1n) is 3.45. The normalized spacial score (nSPS) is 14.3. The van der Waals surface area contributed by atoms with Gasteiger partial charge in [-0.2, -0.15) is 0 Å². The van der Waals surface area contributed by atoms with Gasteiger partial charge in [-0.05, 0) is 6.42 Å². The molecule has 0 aliphatic heterocycles. The van der Waals surface area contributed by atoms with Gasteiger partial charge < -0.3 is 10.4 Å². The highest BCUT2D eigenvalue weighted by molar-refractivity contribution is 6.25. The highest BCUT2D eigenvalue weighted by Crippen LogP contribution is 1.85. The molecule has 0 aromatic rings. The predicted octanol–water partition coefficient (Wildman–Crippen LogP) is 1.10. The summed E-state index contributed by atoms with van der Waals surface area (Å²) in [7, 11) is 0. The largest absolute Gasteiger partial charge is 0.392 e. The lowest BCUT2D eigenvalue weighted by molar-refractivity contribution is 0.169. The third-order valence-corrected chi connectivity index (χ3v) is 1.38. The third-order valence-electron chi connectivity index (χ3n) is 1.20. The number of hydrogen-bond donors (Lipinski definition) is 2. The average molecular weight is 164 g/mol. The number of halogens is 1. The molecule has 0 bridgehead atoms. The maximum atomic E-state index is 9.04. The van der Waals surface area contributed by atoms with E-state index >= 15 is 0 Å². The van der Waals surface area contributed by atoms with Crippen molar-refractivity contribution in [2.45, 2.75) is 19.4 Å². The first-order chi connectivity index (χ1) is 4.81. The standard InChI is InChI=1S/C7H14ClNO/c1-2-7(10)6-9-5-3-4-8/h3-4,7,9-10H,2,5-6H2,1H3/b4-3+. The van der Waals surface area contributed by atoms with Crippen molar-refractivity contribution in [3.63, 3.8) is 0 Å². The van der Waals surface area contributed by atoms with E-state index in [0.29, 0.717) is 6.54 Å². The Kier molecular flexibility index (Phi) is 7.03. The fraction of sp³-hybridized carbons (Fsp3) is 0.714. The Labute approximate surface area is 66.9 Å². The number of aliphatic hydroxyl groups excluding tert-OH is 1. The molecule has 0 aromatic heterocycles. The van der Waals surface area contributed by atoms with E-state index in [1.807, 2.05) is 6.92 Å². The summed E-state index contributed by atoms with van der Waals surface area (Å²) in [5.41, 5.74) is 1.46. The summed E-state index contributed by atoms with van der Waals surface area (Å²) in [4.78, 5) is 0. The van der Waals surface area contributed by atoms with Crippen molar-refractivity contribution in [3.05, 3.63) is 11.6 Å². The molecule has 60 valence electrons. The van der Waals surface area contributed by atoms with Gasteiger partial charge in [-0.15, -0.1) is 0 Å². The quantitative estimate of drug-likeness (QED) is 0.595. The predicted molar refractivity (Wildman–Crippen MR) is 44.2 cm³/mol. The molecule has 0 aliphatic rings. The van der Waals surface area contributed by atoms with Crippen LogP contribution in [0.5, 0.6) is 0 Å². The minimum absolute atomic E-state index is 0.233. The van der Waals surface area contributed by atoms with Crippen LogP contribution in [0.3, 0.4) is 0 Å². The molecule has 0 radical (unpaired) electrons. The minimum Gasteiger partial charge on any atom is -0.392 e. The van der Waals surface area contributed by atoms with Gasteiger partial charge >= 0.3 is 0 Å². The van der Waals surface area contributed by atoms with E-state index in [4.69, 9.17) is 16.7 Å². The summed E-state index contributed by atoms with van der Waals surface area (Å²) < 4.78 is 0. The van der Waals surface area contributed by atoms with E-state index in [0.717, 1.165) is 13.0 Å². The van der Waals surface area contributed by atoms with Crippen molar-refractivity contribution in [1.29, 1.82) is 0 Å². The van der Waals surface area contributed by atoms with E-state index in [1.54, 1.807) is 6.08 Å². The molecule has 2 nitrogen and oxygen atoms in total. The molecule has 0 aliphatic carbocycles. The summed E-state index contributed by atoms with van der Waals surface area (Å²) in [6.45, 7) is 3.31. The zero-order valence-corrected chi connectivity index (χ0v) is 6.93. The summed E-state index contributed by atoms with van der Waals surface area (Å²) in [6.07, 6.45) is 2.35. The van der Waals surface area contributed by atoms with Gasteiger partial charge in [0.2, 0.25) is 0 Å². The van der Waals surface area contributed by atoms with Crippen LogP contribution in [0.15, 0.2) is 11.6 Å². The van der Waals surface area contributed by atoms with E-state index in [9.17, 15) is 0 Å². The van der Waals surface area contributed by atoms with Crippen LogP contribution in [0.1, 0.15) is 13.3 Å². The van der Waals surface area contributed by atoms with E-state index in [1.165, 1.54) is 5.54 Å².